The first-order valence-corrected chi connectivity index (χ1v) is 10.1. The molecular formula is C21H25Cl2N3OS. The van der Waals surface area contributed by atoms with E-state index in [0.29, 0.717) is 22.3 Å². The summed E-state index contributed by atoms with van der Waals surface area (Å²) in [6, 6.07) is 9.75. The van der Waals surface area contributed by atoms with Crippen molar-refractivity contribution in [2.45, 2.75) is 20.8 Å². The molecule has 1 amide bonds. The molecule has 0 aliphatic heterocycles. The van der Waals surface area contributed by atoms with Gasteiger partial charge in [0, 0.05) is 23.7 Å². The van der Waals surface area contributed by atoms with E-state index in [2.05, 4.69) is 4.90 Å². The largest absolute Gasteiger partial charge is 0.308 e. The summed E-state index contributed by atoms with van der Waals surface area (Å²) < 4.78 is 0.998. The molecule has 4 nitrogen and oxygen atoms in total. The number of hydrogen-bond acceptors (Lipinski definition) is 4. The van der Waals surface area contributed by atoms with Crippen molar-refractivity contribution in [3.05, 3.63) is 57.6 Å². The quantitative estimate of drug-likeness (QED) is 0.528. The van der Waals surface area contributed by atoms with Gasteiger partial charge in [-0.3, -0.25) is 9.69 Å². The van der Waals surface area contributed by atoms with Crippen LogP contribution in [0.1, 0.15) is 27.0 Å². The zero-order chi connectivity index (χ0) is 19.7. The van der Waals surface area contributed by atoms with Crippen molar-refractivity contribution in [1.82, 2.24) is 9.88 Å². The molecule has 1 heterocycles. The molecule has 1 aromatic heterocycles. The first-order chi connectivity index (χ1) is 12.8. The van der Waals surface area contributed by atoms with Crippen molar-refractivity contribution in [1.29, 1.82) is 0 Å². The molecule has 0 radical (unpaired) electrons. The van der Waals surface area contributed by atoms with Crippen molar-refractivity contribution in [3.8, 4) is 0 Å². The smallest absolute Gasteiger partial charge is 0.260 e. The molecule has 3 aromatic rings. The van der Waals surface area contributed by atoms with Gasteiger partial charge >= 0.3 is 0 Å². The molecule has 28 heavy (non-hydrogen) atoms. The number of halogens is 2. The fourth-order valence-corrected chi connectivity index (χ4v) is 4.49. The number of carbonyl (C=O) groups is 1. The number of aryl methyl sites for hydroxylation is 3. The fraction of sp³-hybridized carbons (Fsp3) is 0.333. The lowest BCUT2D eigenvalue weighted by molar-refractivity contribution is 0.0984. The number of aromatic nitrogens is 1. The van der Waals surface area contributed by atoms with Crippen LogP contribution in [0.15, 0.2) is 30.3 Å². The summed E-state index contributed by atoms with van der Waals surface area (Å²) in [4.78, 5) is 22.0. The van der Waals surface area contributed by atoms with Gasteiger partial charge in [0.25, 0.3) is 5.91 Å². The van der Waals surface area contributed by atoms with E-state index in [0.717, 1.165) is 33.5 Å². The molecule has 0 spiro atoms. The van der Waals surface area contributed by atoms with Crippen molar-refractivity contribution in [2.24, 2.45) is 0 Å². The third-order valence-corrected chi connectivity index (χ3v) is 5.74. The maximum atomic E-state index is 13.4. The molecule has 0 aliphatic carbocycles. The average molecular weight is 438 g/mol. The highest BCUT2D eigenvalue weighted by molar-refractivity contribution is 7.22. The van der Waals surface area contributed by atoms with E-state index in [-0.39, 0.29) is 18.3 Å². The minimum Gasteiger partial charge on any atom is -0.308 e. The first-order valence-electron chi connectivity index (χ1n) is 8.87. The minimum atomic E-state index is -0.0165. The summed E-state index contributed by atoms with van der Waals surface area (Å²) in [5, 5.41) is 1.40. The van der Waals surface area contributed by atoms with E-state index in [1.165, 1.54) is 11.3 Å². The van der Waals surface area contributed by atoms with Crippen LogP contribution < -0.4 is 4.90 Å². The molecule has 0 N–H and O–H groups in total. The van der Waals surface area contributed by atoms with Crippen molar-refractivity contribution in [3.63, 3.8) is 0 Å². The second kappa shape index (κ2) is 9.23. The summed E-state index contributed by atoms with van der Waals surface area (Å²) >= 11 is 7.71. The number of nitrogens with zero attached hydrogens (tertiary/aromatic N) is 3. The SMILES string of the molecule is Cc1ccc(C(=O)N(CCN(C)C)c2nc3c(C)cc(Cl)cc3s2)c(C)c1.Cl. The van der Waals surface area contributed by atoms with E-state index < -0.39 is 0 Å². The van der Waals surface area contributed by atoms with Crippen LogP contribution in [0.2, 0.25) is 5.02 Å². The molecule has 0 saturated heterocycles. The normalized spacial score (nSPS) is 11.0. The lowest BCUT2D eigenvalue weighted by Crippen LogP contribution is -2.37. The topological polar surface area (TPSA) is 36.4 Å². The summed E-state index contributed by atoms with van der Waals surface area (Å²) in [7, 11) is 4.00. The Hall–Kier alpha value is -1.66. The van der Waals surface area contributed by atoms with Crippen LogP contribution in [0, 0.1) is 20.8 Å². The number of likely N-dealkylation sites (N-methyl/N-ethyl adjacent to an activating group) is 1. The Labute approximate surface area is 181 Å². The molecule has 3 rings (SSSR count). The Balaban J connectivity index is 0.00000280. The summed E-state index contributed by atoms with van der Waals surface area (Å²) in [6.45, 7) is 7.34. The molecule has 150 valence electrons. The molecule has 0 unspecified atom stereocenters. The predicted molar refractivity (Wildman–Crippen MR) is 123 cm³/mol. The third kappa shape index (κ3) is 4.84. The van der Waals surface area contributed by atoms with E-state index in [1.54, 1.807) is 4.90 Å². The molecule has 2 aromatic carbocycles. The van der Waals surface area contributed by atoms with Crippen molar-refractivity contribution in [2.75, 3.05) is 32.1 Å². The van der Waals surface area contributed by atoms with Crippen molar-refractivity contribution >= 4 is 56.6 Å². The maximum absolute atomic E-state index is 13.4. The Morgan fingerprint density at radius 2 is 1.79 bits per heavy atom. The van der Waals surface area contributed by atoms with Gasteiger partial charge in [0.05, 0.1) is 10.2 Å². The van der Waals surface area contributed by atoms with Gasteiger partial charge in [-0.05, 0) is 64.2 Å². The van der Waals surface area contributed by atoms with Crippen LogP contribution in [0.4, 0.5) is 5.13 Å². The second-order valence-corrected chi connectivity index (χ2v) is 8.59. The Morgan fingerprint density at radius 3 is 2.43 bits per heavy atom. The van der Waals surface area contributed by atoms with Crippen LogP contribution in [0.25, 0.3) is 10.2 Å². The lowest BCUT2D eigenvalue weighted by Gasteiger charge is -2.23. The van der Waals surface area contributed by atoms with Gasteiger partial charge in [-0.15, -0.1) is 12.4 Å². The van der Waals surface area contributed by atoms with Crippen LogP contribution in [0.3, 0.4) is 0 Å². The zero-order valence-electron chi connectivity index (χ0n) is 16.7. The van der Waals surface area contributed by atoms with Crippen molar-refractivity contribution < 1.29 is 4.79 Å². The van der Waals surface area contributed by atoms with E-state index >= 15 is 0 Å². The number of fused-ring (bicyclic) bond motifs is 1. The predicted octanol–water partition coefficient (Wildman–Crippen LogP) is 5.51. The number of amides is 1. The minimum absolute atomic E-state index is 0. The van der Waals surface area contributed by atoms with Gasteiger partial charge in [-0.2, -0.15) is 0 Å². The molecule has 0 saturated carbocycles. The number of anilines is 1. The highest BCUT2D eigenvalue weighted by Crippen LogP contribution is 2.33. The number of carbonyl (C=O) groups excluding carboxylic acids is 1. The third-order valence-electron chi connectivity index (χ3n) is 4.50. The van der Waals surface area contributed by atoms with Crippen LogP contribution in [-0.2, 0) is 0 Å². The monoisotopic (exact) mass is 437 g/mol. The second-order valence-electron chi connectivity index (χ2n) is 7.14. The lowest BCUT2D eigenvalue weighted by atomic mass is 10.0. The van der Waals surface area contributed by atoms with Crippen LogP contribution >= 0.6 is 35.3 Å². The van der Waals surface area contributed by atoms with Gasteiger partial charge < -0.3 is 4.90 Å². The molecule has 0 bridgehead atoms. The van der Waals surface area contributed by atoms with Crippen LogP contribution in [0.5, 0.6) is 0 Å². The van der Waals surface area contributed by atoms with Gasteiger partial charge in [0.1, 0.15) is 0 Å². The molecule has 0 fully saturated rings. The van der Waals surface area contributed by atoms with E-state index in [1.807, 2.05) is 65.2 Å². The summed E-state index contributed by atoms with van der Waals surface area (Å²) in [6.07, 6.45) is 0. The molecule has 0 aliphatic rings. The average Bonchev–Trinajstić information content (AvgIpc) is 2.98. The maximum Gasteiger partial charge on any atom is 0.260 e. The van der Waals surface area contributed by atoms with Crippen LogP contribution in [-0.4, -0.2) is 43.0 Å². The molecular weight excluding hydrogens is 413 g/mol. The van der Waals surface area contributed by atoms with E-state index in [4.69, 9.17) is 16.6 Å². The number of hydrogen-bond donors (Lipinski definition) is 0. The number of benzene rings is 2. The standard InChI is InChI=1S/C21H24ClN3OS.ClH/c1-13-6-7-17(14(2)10-13)20(26)25(9-8-24(4)5)21-23-19-15(3)11-16(22)12-18(19)27-21;/h6-7,10-12H,8-9H2,1-5H3;1H. The number of thiazole rings is 1. The highest BCUT2D eigenvalue weighted by Gasteiger charge is 2.23. The zero-order valence-corrected chi connectivity index (χ0v) is 19.1. The first kappa shape index (κ1) is 22.6. The van der Waals surface area contributed by atoms with E-state index in [9.17, 15) is 4.79 Å². The van der Waals surface area contributed by atoms with Gasteiger partial charge in [-0.1, -0.05) is 40.6 Å². The Kier molecular flexibility index (Phi) is 7.46. The Morgan fingerprint density at radius 1 is 1.07 bits per heavy atom. The summed E-state index contributed by atoms with van der Waals surface area (Å²) in [5.41, 5.74) is 4.77. The molecule has 7 heteroatoms. The van der Waals surface area contributed by atoms with Gasteiger partial charge in [0.15, 0.2) is 5.13 Å². The molecule has 0 atom stereocenters. The summed E-state index contributed by atoms with van der Waals surface area (Å²) in [5.74, 6) is -0.0165. The van der Waals surface area contributed by atoms with Gasteiger partial charge in [-0.25, -0.2) is 4.98 Å². The number of rotatable bonds is 5. The highest BCUT2D eigenvalue weighted by atomic mass is 35.5. The van der Waals surface area contributed by atoms with Gasteiger partial charge in [0.2, 0.25) is 0 Å². The fourth-order valence-electron chi connectivity index (χ4n) is 3.04. The Bertz CT molecular complexity index is 1000.